The summed E-state index contributed by atoms with van der Waals surface area (Å²) in [4.78, 5) is 29.3. The molecule has 1 heterocycles. The third-order valence-corrected chi connectivity index (χ3v) is 6.04. The van der Waals surface area contributed by atoms with Crippen molar-refractivity contribution in [2.75, 3.05) is 0 Å². The quantitative estimate of drug-likeness (QED) is 0.417. The lowest BCUT2D eigenvalue weighted by molar-refractivity contribution is -0.150. The standard InChI is InChI=1S/C26H28N2O3/c1-5-28-24-12-10-19(17(3)27-31-18(4)29)14-22(24)23-15-20(11-13-25(23)28)26(30)21-9-7-6-8-16(21)2/h6-7,9-17,27H,5,8H2,1-4H3. The van der Waals surface area contributed by atoms with Crippen LogP contribution < -0.4 is 5.48 Å². The number of rotatable bonds is 6. The molecule has 1 aromatic heterocycles. The van der Waals surface area contributed by atoms with Gasteiger partial charge in [-0.1, -0.05) is 31.2 Å². The Hall–Kier alpha value is -3.18. The van der Waals surface area contributed by atoms with Gasteiger partial charge < -0.3 is 9.40 Å². The molecule has 1 aliphatic carbocycles. The second kappa shape index (κ2) is 8.52. The topological polar surface area (TPSA) is 60.3 Å². The maximum Gasteiger partial charge on any atom is 0.321 e. The number of aromatic nitrogens is 1. The predicted octanol–water partition coefficient (Wildman–Crippen LogP) is 5.65. The van der Waals surface area contributed by atoms with Gasteiger partial charge in [0, 0.05) is 46.4 Å². The summed E-state index contributed by atoms with van der Waals surface area (Å²) in [6, 6.07) is 12.1. The van der Waals surface area contributed by atoms with Gasteiger partial charge in [0.1, 0.15) is 0 Å². The van der Waals surface area contributed by atoms with Crippen molar-refractivity contribution in [2.45, 2.75) is 46.7 Å². The molecule has 1 aliphatic rings. The SMILES string of the molecule is CCn1c2ccc(C(=O)C3=CC=CCC3C)cc2c2cc(C(C)NOC(C)=O)ccc21. The largest absolute Gasteiger partial charge is 0.370 e. The molecule has 1 N–H and O–H groups in total. The zero-order valence-corrected chi connectivity index (χ0v) is 18.4. The summed E-state index contributed by atoms with van der Waals surface area (Å²) in [5.74, 6) is -0.0538. The van der Waals surface area contributed by atoms with E-state index in [-0.39, 0.29) is 23.7 Å². The van der Waals surface area contributed by atoms with Crippen molar-refractivity contribution in [1.82, 2.24) is 10.0 Å². The molecule has 5 heteroatoms. The van der Waals surface area contributed by atoms with E-state index in [2.05, 4.69) is 48.2 Å². The highest BCUT2D eigenvalue weighted by atomic mass is 16.7. The number of Topliss-reactive ketones (excluding diaryl/α,β-unsaturated/α-hetero) is 1. The van der Waals surface area contributed by atoms with E-state index in [4.69, 9.17) is 4.84 Å². The molecule has 0 radical (unpaired) electrons. The van der Waals surface area contributed by atoms with Crippen LogP contribution in [0.4, 0.5) is 0 Å². The number of hydrogen-bond acceptors (Lipinski definition) is 4. The maximum absolute atomic E-state index is 13.2. The Morgan fingerprint density at radius 3 is 2.55 bits per heavy atom. The summed E-state index contributed by atoms with van der Waals surface area (Å²) in [6.45, 7) is 8.37. The fourth-order valence-electron chi connectivity index (χ4n) is 4.32. The van der Waals surface area contributed by atoms with Gasteiger partial charge in [-0.3, -0.25) is 9.59 Å². The number of nitrogens with one attached hydrogen (secondary N) is 1. The first-order chi connectivity index (χ1) is 14.9. The zero-order chi connectivity index (χ0) is 22.1. The highest BCUT2D eigenvalue weighted by Crippen LogP contribution is 2.33. The zero-order valence-electron chi connectivity index (χ0n) is 18.4. The smallest absolute Gasteiger partial charge is 0.321 e. The van der Waals surface area contributed by atoms with Gasteiger partial charge in [0.2, 0.25) is 0 Å². The number of allylic oxidation sites excluding steroid dienone is 4. The summed E-state index contributed by atoms with van der Waals surface area (Å²) >= 11 is 0. The van der Waals surface area contributed by atoms with Gasteiger partial charge in [0.25, 0.3) is 0 Å². The van der Waals surface area contributed by atoms with E-state index in [1.54, 1.807) is 0 Å². The Balaban J connectivity index is 1.81. The third-order valence-electron chi connectivity index (χ3n) is 6.04. The molecule has 0 aliphatic heterocycles. The number of carbonyl (C=O) groups excluding carboxylic acids is 2. The normalized spacial score (nSPS) is 17.0. The van der Waals surface area contributed by atoms with Gasteiger partial charge in [-0.25, -0.2) is 0 Å². The molecule has 31 heavy (non-hydrogen) atoms. The van der Waals surface area contributed by atoms with Crippen LogP contribution in [0.5, 0.6) is 0 Å². The summed E-state index contributed by atoms with van der Waals surface area (Å²) in [5.41, 5.74) is 7.60. The lowest BCUT2D eigenvalue weighted by Crippen LogP contribution is -2.21. The molecule has 160 valence electrons. The highest BCUT2D eigenvalue weighted by Gasteiger charge is 2.21. The summed E-state index contributed by atoms with van der Waals surface area (Å²) in [7, 11) is 0. The number of carbonyl (C=O) groups is 2. The number of aryl methyl sites for hydroxylation is 1. The van der Waals surface area contributed by atoms with E-state index in [9.17, 15) is 9.59 Å². The first-order valence-electron chi connectivity index (χ1n) is 10.8. The van der Waals surface area contributed by atoms with E-state index in [1.807, 2.05) is 37.3 Å². The highest BCUT2D eigenvalue weighted by molar-refractivity contribution is 6.15. The molecular weight excluding hydrogens is 388 g/mol. The first-order valence-corrected chi connectivity index (χ1v) is 10.8. The van der Waals surface area contributed by atoms with Gasteiger partial charge in [0.05, 0.1) is 6.04 Å². The Kier molecular flexibility index (Phi) is 5.79. The van der Waals surface area contributed by atoms with Gasteiger partial charge in [-0.2, -0.15) is 0 Å². The molecule has 4 rings (SSSR count). The van der Waals surface area contributed by atoms with Crippen molar-refractivity contribution in [3.05, 3.63) is 71.3 Å². The second-order valence-electron chi connectivity index (χ2n) is 8.20. The minimum atomic E-state index is -0.375. The van der Waals surface area contributed by atoms with Gasteiger partial charge in [-0.05, 0) is 62.1 Å². The van der Waals surface area contributed by atoms with Gasteiger partial charge >= 0.3 is 5.97 Å². The van der Waals surface area contributed by atoms with E-state index in [0.717, 1.165) is 45.9 Å². The van der Waals surface area contributed by atoms with Gasteiger partial charge in [-0.15, -0.1) is 5.48 Å². The average molecular weight is 417 g/mol. The van der Waals surface area contributed by atoms with Crippen LogP contribution in [-0.4, -0.2) is 16.3 Å². The Bertz CT molecular complexity index is 1230. The van der Waals surface area contributed by atoms with Crippen LogP contribution in [0.15, 0.2) is 60.2 Å². The maximum atomic E-state index is 13.2. The van der Waals surface area contributed by atoms with Crippen molar-refractivity contribution in [3.63, 3.8) is 0 Å². The number of hydrogen-bond donors (Lipinski definition) is 1. The lowest BCUT2D eigenvalue weighted by atomic mass is 9.87. The summed E-state index contributed by atoms with van der Waals surface area (Å²) in [5, 5.41) is 2.15. The van der Waals surface area contributed by atoms with Crippen molar-refractivity contribution in [1.29, 1.82) is 0 Å². The number of nitrogens with zero attached hydrogens (tertiary/aromatic N) is 1. The molecule has 2 unspecified atom stereocenters. The summed E-state index contributed by atoms with van der Waals surface area (Å²) in [6.07, 6.45) is 6.91. The summed E-state index contributed by atoms with van der Waals surface area (Å²) < 4.78 is 2.26. The number of hydroxylamine groups is 1. The lowest BCUT2D eigenvalue weighted by Gasteiger charge is -2.16. The fourth-order valence-corrected chi connectivity index (χ4v) is 4.32. The molecule has 5 nitrogen and oxygen atoms in total. The second-order valence-corrected chi connectivity index (χ2v) is 8.20. The van der Waals surface area contributed by atoms with E-state index < -0.39 is 0 Å². The van der Waals surface area contributed by atoms with Crippen LogP contribution >= 0.6 is 0 Å². The Morgan fingerprint density at radius 2 is 1.87 bits per heavy atom. The average Bonchev–Trinajstić information content (AvgIpc) is 3.09. The van der Waals surface area contributed by atoms with Crippen molar-refractivity contribution in [2.24, 2.45) is 5.92 Å². The third kappa shape index (κ3) is 3.93. The Morgan fingerprint density at radius 1 is 1.16 bits per heavy atom. The molecule has 0 saturated heterocycles. The minimum absolute atomic E-state index is 0.0946. The first kappa shape index (κ1) is 21.1. The monoisotopic (exact) mass is 416 g/mol. The van der Waals surface area contributed by atoms with Crippen LogP contribution in [0.25, 0.3) is 21.8 Å². The number of ketones is 1. The minimum Gasteiger partial charge on any atom is -0.370 e. The predicted molar refractivity (Wildman–Crippen MR) is 124 cm³/mol. The molecule has 0 saturated carbocycles. The van der Waals surface area contributed by atoms with Crippen molar-refractivity contribution in [3.8, 4) is 0 Å². The van der Waals surface area contributed by atoms with E-state index in [0.29, 0.717) is 5.56 Å². The molecule has 0 bridgehead atoms. The van der Waals surface area contributed by atoms with Crippen LogP contribution in [0.1, 0.15) is 56.1 Å². The Labute approximate surface area is 182 Å². The van der Waals surface area contributed by atoms with Crippen LogP contribution in [-0.2, 0) is 16.2 Å². The fraction of sp³-hybridized carbons (Fsp3) is 0.308. The van der Waals surface area contributed by atoms with E-state index >= 15 is 0 Å². The molecular formula is C26H28N2O3. The molecule has 0 fully saturated rings. The molecule has 2 atom stereocenters. The number of fused-ring (bicyclic) bond motifs is 3. The molecule has 0 spiro atoms. The number of benzene rings is 2. The van der Waals surface area contributed by atoms with Crippen LogP contribution in [0, 0.1) is 5.92 Å². The molecule has 0 amide bonds. The molecule has 2 aromatic carbocycles. The van der Waals surface area contributed by atoms with Crippen LogP contribution in [0.3, 0.4) is 0 Å². The van der Waals surface area contributed by atoms with Crippen LogP contribution in [0.2, 0.25) is 0 Å². The van der Waals surface area contributed by atoms with Crippen molar-refractivity contribution >= 4 is 33.6 Å². The van der Waals surface area contributed by atoms with E-state index in [1.165, 1.54) is 6.92 Å². The van der Waals surface area contributed by atoms with Gasteiger partial charge in [0.15, 0.2) is 5.78 Å². The molecule has 3 aromatic rings. The van der Waals surface area contributed by atoms with Crippen molar-refractivity contribution < 1.29 is 14.4 Å².